The van der Waals surface area contributed by atoms with Gasteiger partial charge in [0.15, 0.2) is 0 Å². The van der Waals surface area contributed by atoms with Crippen LogP contribution in [0.5, 0.6) is 0 Å². The van der Waals surface area contributed by atoms with Gasteiger partial charge in [-0.05, 0) is 38.5 Å². The average molecular weight is 535 g/mol. The second-order valence-corrected chi connectivity index (χ2v) is 12.6. The number of likely N-dealkylation sites (tertiary alicyclic amines) is 1. The number of nitrogens with one attached hydrogen (secondary N) is 1. The van der Waals surface area contributed by atoms with Crippen LogP contribution in [0.3, 0.4) is 0 Å². The number of urea groups is 1. The van der Waals surface area contributed by atoms with E-state index in [9.17, 15) is 18.0 Å². The average Bonchev–Trinajstić information content (AvgIpc) is 3.16. The molecule has 0 radical (unpaired) electrons. The van der Waals surface area contributed by atoms with E-state index in [1.807, 2.05) is 6.07 Å². The number of carbonyl (C=O) groups excluding carboxylic acids is 2. The predicted octanol–water partition coefficient (Wildman–Crippen LogP) is 3.23. The van der Waals surface area contributed by atoms with Gasteiger partial charge in [0, 0.05) is 57.6 Å². The van der Waals surface area contributed by atoms with Crippen LogP contribution in [0.15, 0.2) is 18.2 Å². The van der Waals surface area contributed by atoms with Crippen molar-refractivity contribution in [3.8, 4) is 0 Å². The summed E-state index contributed by atoms with van der Waals surface area (Å²) in [6.45, 7) is 7.82. The van der Waals surface area contributed by atoms with Crippen molar-refractivity contribution in [2.75, 3.05) is 52.1 Å². The van der Waals surface area contributed by atoms with Crippen molar-refractivity contribution in [2.45, 2.75) is 32.3 Å². The Morgan fingerprint density at radius 1 is 1.06 bits per heavy atom. The molecule has 1 N–H and O–H groups in total. The molecule has 3 rings (SSSR count). The van der Waals surface area contributed by atoms with Gasteiger partial charge in [0.2, 0.25) is 10.0 Å². The summed E-state index contributed by atoms with van der Waals surface area (Å²) in [5.74, 6) is -0.128. The maximum absolute atomic E-state index is 13.3. The molecule has 0 spiro atoms. The van der Waals surface area contributed by atoms with Crippen molar-refractivity contribution in [1.82, 2.24) is 19.4 Å². The summed E-state index contributed by atoms with van der Waals surface area (Å²) in [4.78, 5) is 28.9. The van der Waals surface area contributed by atoms with Gasteiger partial charge in [0.25, 0.3) is 0 Å². The molecule has 2 aliphatic rings. The molecule has 12 heteroatoms. The molecule has 0 bridgehead atoms. The minimum atomic E-state index is -3.28. The molecule has 190 valence electrons. The number of amides is 3. The third-order valence-corrected chi connectivity index (χ3v) is 8.01. The van der Waals surface area contributed by atoms with Crippen molar-refractivity contribution in [1.29, 1.82) is 0 Å². The van der Waals surface area contributed by atoms with E-state index in [4.69, 9.17) is 27.9 Å². The summed E-state index contributed by atoms with van der Waals surface area (Å²) in [6, 6.07) is 5.27. The minimum absolute atomic E-state index is 0.0639. The normalized spacial score (nSPS) is 22.1. The van der Waals surface area contributed by atoms with E-state index in [2.05, 4.69) is 5.32 Å². The standard InChI is InChI=1S/C22H32Cl2N4O5S/c1-22(2,3)33-20(29)25-12-16-13-27(14-17(16)15-5-6-18(23)19(24)11-15)21(30)26-7-9-28(10-8-26)34(4,31)32/h5-6,11,16-17H,7-10,12-14H2,1-4H3,(H,25,29)/t16-,17-/m0/s1. The molecule has 0 unspecified atom stereocenters. The highest BCUT2D eigenvalue weighted by Crippen LogP contribution is 2.36. The van der Waals surface area contributed by atoms with Crippen molar-refractivity contribution in [3.05, 3.63) is 33.8 Å². The second kappa shape index (κ2) is 10.5. The zero-order valence-electron chi connectivity index (χ0n) is 19.9. The van der Waals surface area contributed by atoms with E-state index < -0.39 is 21.7 Å². The number of carbonyl (C=O) groups is 2. The lowest BCUT2D eigenvalue weighted by atomic mass is 9.89. The molecule has 9 nitrogen and oxygen atoms in total. The van der Waals surface area contributed by atoms with E-state index in [0.717, 1.165) is 5.56 Å². The van der Waals surface area contributed by atoms with Crippen LogP contribution in [-0.4, -0.2) is 92.3 Å². The van der Waals surface area contributed by atoms with Crippen LogP contribution in [-0.2, 0) is 14.8 Å². The van der Waals surface area contributed by atoms with E-state index in [0.29, 0.717) is 42.8 Å². The molecular weight excluding hydrogens is 503 g/mol. The maximum Gasteiger partial charge on any atom is 0.407 e. The monoisotopic (exact) mass is 534 g/mol. The Balaban J connectivity index is 1.71. The Morgan fingerprint density at radius 3 is 2.26 bits per heavy atom. The van der Waals surface area contributed by atoms with Gasteiger partial charge in [-0.25, -0.2) is 18.0 Å². The summed E-state index contributed by atoms with van der Waals surface area (Å²) in [5.41, 5.74) is 0.321. The molecule has 0 saturated carbocycles. The lowest BCUT2D eigenvalue weighted by Gasteiger charge is -2.35. The number of benzene rings is 1. The highest BCUT2D eigenvalue weighted by molar-refractivity contribution is 7.88. The summed E-state index contributed by atoms with van der Waals surface area (Å²) in [5, 5.41) is 3.70. The molecule has 34 heavy (non-hydrogen) atoms. The molecule has 2 aliphatic heterocycles. The zero-order valence-corrected chi connectivity index (χ0v) is 22.2. The third-order valence-electron chi connectivity index (χ3n) is 5.97. The van der Waals surface area contributed by atoms with Gasteiger partial charge < -0.3 is 19.9 Å². The number of nitrogens with zero attached hydrogens (tertiary/aromatic N) is 3. The third kappa shape index (κ3) is 6.90. The van der Waals surface area contributed by atoms with Crippen LogP contribution in [0.25, 0.3) is 0 Å². The first-order valence-corrected chi connectivity index (χ1v) is 13.8. The van der Waals surface area contributed by atoms with E-state index in [1.54, 1.807) is 42.7 Å². The maximum atomic E-state index is 13.3. The first-order valence-electron chi connectivity index (χ1n) is 11.2. The lowest BCUT2D eigenvalue weighted by Crippen LogP contribution is -2.53. The quantitative estimate of drug-likeness (QED) is 0.639. The fourth-order valence-corrected chi connectivity index (χ4v) is 5.43. The van der Waals surface area contributed by atoms with Crippen molar-refractivity contribution in [2.24, 2.45) is 5.92 Å². The largest absolute Gasteiger partial charge is 0.444 e. The van der Waals surface area contributed by atoms with Crippen LogP contribution >= 0.6 is 23.2 Å². The zero-order chi connectivity index (χ0) is 25.3. The summed E-state index contributed by atoms with van der Waals surface area (Å²) in [6.07, 6.45) is 0.664. The van der Waals surface area contributed by atoms with Crippen LogP contribution in [0.2, 0.25) is 10.0 Å². The van der Waals surface area contributed by atoms with E-state index in [-0.39, 0.29) is 31.0 Å². The summed E-state index contributed by atoms with van der Waals surface area (Å²) in [7, 11) is -3.28. The molecular formula is C22H32Cl2N4O5S. The summed E-state index contributed by atoms with van der Waals surface area (Å²) < 4.78 is 30.3. The van der Waals surface area contributed by atoms with Gasteiger partial charge in [0.1, 0.15) is 5.60 Å². The number of hydrogen-bond donors (Lipinski definition) is 1. The van der Waals surface area contributed by atoms with Gasteiger partial charge in [-0.15, -0.1) is 0 Å². The minimum Gasteiger partial charge on any atom is -0.444 e. The number of piperazine rings is 1. The highest BCUT2D eigenvalue weighted by atomic mass is 35.5. The van der Waals surface area contributed by atoms with Gasteiger partial charge in [-0.1, -0.05) is 29.3 Å². The number of sulfonamides is 1. The molecule has 3 amide bonds. The first kappa shape index (κ1) is 26.8. The van der Waals surface area contributed by atoms with Crippen LogP contribution in [0.4, 0.5) is 9.59 Å². The SMILES string of the molecule is CC(C)(C)OC(=O)NC[C@H]1CN(C(=O)N2CCN(S(C)(=O)=O)CC2)C[C@H]1c1ccc(Cl)c(Cl)c1. The molecule has 1 aromatic rings. The highest BCUT2D eigenvalue weighted by Gasteiger charge is 2.39. The van der Waals surface area contributed by atoms with Gasteiger partial charge in [-0.2, -0.15) is 4.31 Å². The Morgan fingerprint density at radius 2 is 1.71 bits per heavy atom. The Hall–Kier alpha value is -1.75. The second-order valence-electron chi connectivity index (χ2n) is 9.76. The topological polar surface area (TPSA) is 99.3 Å². The molecule has 1 aromatic carbocycles. The smallest absolute Gasteiger partial charge is 0.407 e. The van der Waals surface area contributed by atoms with Gasteiger partial charge in [0.05, 0.1) is 16.3 Å². The Bertz CT molecular complexity index is 1020. The Labute approximate surface area is 211 Å². The van der Waals surface area contributed by atoms with Crippen molar-refractivity contribution >= 4 is 45.3 Å². The molecule has 0 aromatic heterocycles. The van der Waals surface area contributed by atoms with Crippen molar-refractivity contribution < 1.29 is 22.7 Å². The molecule has 2 fully saturated rings. The summed E-state index contributed by atoms with van der Waals surface area (Å²) >= 11 is 12.3. The number of rotatable bonds is 4. The fraction of sp³-hybridized carbons (Fsp3) is 0.636. The van der Waals surface area contributed by atoms with Gasteiger partial charge >= 0.3 is 12.1 Å². The van der Waals surface area contributed by atoms with Crippen LogP contribution < -0.4 is 5.32 Å². The number of halogens is 2. The first-order chi connectivity index (χ1) is 15.7. The number of hydrogen-bond acceptors (Lipinski definition) is 5. The molecule has 2 atom stereocenters. The van der Waals surface area contributed by atoms with Gasteiger partial charge in [-0.3, -0.25) is 0 Å². The molecule has 0 aliphatic carbocycles. The molecule has 2 heterocycles. The molecule has 2 saturated heterocycles. The lowest BCUT2D eigenvalue weighted by molar-refractivity contribution is 0.0519. The van der Waals surface area contributed by atoms with Crippen LogP contribution in [0, 0.1) is 5.92 Å². The Kier molecular flexibility index (Phi) is 8.27. The van der Waals surface area contributed by atoms with Crippen molar-refractivity contribution in [3.63, 3.8) is 0 Å². The fourth-order valence-electron chi connectivity index (χ4n) is 4.29. The predicted molar refractivity (Wildman–Crippen MR) is 132 cm³/mol. The number of alkyl carbamates (subject to hydrolysis) is 1. The number of ether oxygens (including phenoxy) is 1. The van der Waals surface area contributed by atoms with E-state index >= 15 is 0 Å². The van der Waals surface area contributed by atoms with Crippen LogP contribution in [0.1, 0.15) is 32.3 Å². The van der Waals surface area contributed by atoms with E-state index in [1.165, 1.54) is 10.6 Å².